The molecule has 14 nitrogen and oxygen atoms in total. The van der Waals surface area contributed by atoms with Crippen molar-refractivity contribution in [2.45, 2.75) is 50.9 Å². The number of rotatable bonds is 9. The number of carbonyl (C=O) groups excluding carboxylic acids is 5. The van der Waals surface area contributed by atoms with Crippen LogP contribution in [-0.4, -0.2) is 76.2 Å². The number of hydrogen-bond donors (Lipinski definition) is 2. The van der Waals surface area contributed by atoms with E-state index in [4.69, 9.17) is 18.9 Å². The lowest BCUT2D eigenvalue weighted by atomic mass is 9.93. The third-order valence-electron chi connectivity index (χ3n) is 7.83. The van der Waals surface area contributed by atoms with E-state index in [1.807, 2.05) is 0 Å². The predicted octanol–water partition coefficient (Wildman–Crippen LogP) is 3.72. The van der Waals surface area contributed by atoms with Gasteiger partial charge in [-0.25, -0.2) is 19.4 Å². The standard InChI is InChI=1S/C36H35N5O9/c1-22(47-31(44)24-14-8-5-9-15-24)28-29(49-32(45)25-16-10-6-11-17-25)36(3,50-33(46)26-18-12-7-13-19-26)34(48-28)41-20-27(38-21-41)30(43)40-35(37-4)39-23(2)42/h5-22,28-29,34H,1-4H3,(H2,37,39,40,42,43)/t22-,28-,29-,34-,36-/m1/s1. The SMILES string of the molecule is C/N=C(/NC(C)=O)NC(=O)c1cn([C@@H]2O[C@H]([C@@H](C)OC(=O)c3ccccc3)[C@@H](OC(=O)c3ccccc3)[C@@]2(C)OC(=O)c2ccccc2)cn1. The van der Waals surface area contributed by atoms with Crippen molar-refractivity contribution in [1.82, 2.24) is 20.2 Å². The summed E-state index contributed by atoms with van der Waals surface area (Å²) >= 11 is 0. The summed E-state index contributed by atoms with van der Waals surface area (Å²) < 4.78 is 25.9. The second-order valence-corrected chi connectivity index (χ2v) is 11.5. The lowest BCUT2D eigenvalue weighted by Crippen LogP contribution is -2.51. The van der Waals surface area contributed by atoms with Crippen molar-refractivity contribution in [1.29, 1.82) is 0 Å². The van der Waals surface area contributed by atoms with Gasteiger partial charge in [0.25, 0.3) is 5.91 Å². The molecule has 14 heteroatoms. The molecule has 0 aliphatic carbocycles. The number of aliphatic imine (C=N–C) groups is 1. The van der Waals surface area contributed by atoms with Crippen LogP contribution in [0.2, 0.25) is 0 Å². The van der Waals surface area contributed by atoms with Gasteiger partial charge in [0.1, 0.15) is 17.9 Å². The van der Waals surface area contributed by atoms with Crippen molar-refractivity contribution in [3.05, 3.63) is 126 Å². The van der Waals surface area contributed by atoms with Gasteiger partial charge >= 0.3 is 17.9 Å². The van der Waals surface area contributed by atoms with Gasteiger partial charge < -0.3 is 23.5 Å². The molecule has 50 heavy (non-hydrogen) atoms. The van der Waals surface area contributed by atoms with Crippen LogP contribution in [0.4, 0.5) is 0 Å². The third kappa shape index (κ3) is 7.93. The Labute approximate surface area is 287 Å². The van der Waals surface area contributed by atoms with Crippen molar-refractivity contribution < 1.29 is 42.9 Å². The van der Waals surface area contributed by atoms with Crippen molar-refractivity contribution in [3.63, 3.8) is 0 Å². The average molecular weight is 682 g/mol. The summed E-state index contributed by atoms with van der Waals surface area (Å²) in [6, 6.07) is 24.7. The summed E-state index contributed by atoms with van der Waals surface area (Å²) in [6.07, 6.45) is -2.26. The smallest absolute Gasteiger partial charge is 0.338 e. The zero-order valence-electron chi connectivity index (χ0n) is 27.6. The molecule has 3 aromatic carbocycles. The van der Waals surface area contributed by atoms with Gasteiger partial charge in [0.2, 0.25) is 11.9 Å². The quantitative estimate of drug-likeness (QED) is 0.115. The minimum Gasteiger partial charge on any atom is -0.456 e. The number of esters is 3. The zero-order valence-corrected chi connectivity index (χ0v) is 27.6. The van der Waals surface area contributed by atoms with Crippen LogP contribution < -0.4 is 10.6 Å². The number of carbonyl (C=O) groups is 5. The number of amides is 2. The fourth-order valence-electron chi connectivity index (χ4n) is 5.37. The normalized spacial score (nSPS) is 20.6. The Morgan fingerprint density at radius 2 is 1.38 bits per heavy atom. The Hall–Kier alpha value is -6.15. The largest absolute Gasteiger partial charge is 0.456 e. The molecule has 1 saturated heterocycles. The highest BCUT2D eigenvalue weighted by molar-refractivity contribution is 6.08. The molecular formula is C36H35N5O9. The number of benzene rings is 3. The highest BCUT2D eigenvalue weighted by Gasteiger charge is 2.62. The molecule has 258 valence electrons. The maximum atomic E-state index is 13.6. The Kier molecular flexibility index (Phi) is 10.8. The number of guanidine groups is 1. The first kappa shape index (κ1) is 35.2. The van der Waals surface area contributed by atoms with Crippen LogP contribution in [-0.2, 0) is 23.7 Å². The van der Waals surface area contributed by atoms with Crippen molar-refractivity contribution in [3.8, 4) is 0 Å². The molecular weight excluding hydrogens is 646 g/mol. The molecule has 2 heterocycles. The van der Waals surface area contributed by atoms with E-state index >= 15 is 0 Å². The topological polar surface area (TPSA) is 177 Å². The molecule has 1 fully saturated rings. The highest BCUT2D eigenvalue weighted by Crippen LogP contribution is 2.45. The summed E-state index contributed by atoms with van der Waals surface area (Å²) in [4.78, 5) is 73.0. The Bertz CT molecular complexity index is 1880. The number of hydrogen-bond acceptors (Lipinski definition) is 11. The Morgan fingerprint density at radius 1 is 0.840 bits per heavy atom. The van der Waals surface area contributed by atoms with Crippen LogP contribution in [0.15, 0.2) is 109 Å². The van der Waals surface area contributed by atoms with E-state index in [0.717, 1.165) is 0 Å². The lowest BCUT2D eigenvalue weighted by Gasteiger charge is -2.35. The van der Waals surface area contributed by atoms with Crippen molar-refractivity contribution in [2.75, 3.05) is 7.05 Å². The monoisotopic (exact) mass is 681 g/mol. The summed E-state index contributed by atoms with van der Waals surface area (Å²) in [5.41, 5.74) is -1.20. The molecule has 5 rings (SSSR count). The van der Waals surface area contributed by atoms with Crippen LogP contribution >= 0.6 is 0 Å². The van der Waals surface area contributed by atoms with Gasteiger partial charge in [0.15, 0.2) is 17.9 Å². The molecule has 5 atom stereocenters. The fourth-order valence-corrected chi connectivity index (χ4v) is 5.37. The average Bonchev–Trinajstić information content (AvgIpc) is 3.71. The second-order valence-electron chi connectivity index (χ2n) is 11.5. The maximum Gasteiger partial charge on any atom is 0.338 e. The molecule has 0 saturated carbocycles. The molecule has 1 aliphatic rings. The third-order valence-corrected chi connectivity index (χ3v) is 7.83. The fraction of sp³-hybridized carbons (Fsp3) is 0.250. The summed E-state index contributed by atoms with van der Waals surface area (Å²) in [7, 11) is 1.38. The van der Waals surface area contributed by atoms with E-state index in [1.165, 1.54) is 38.0 Å². The van der Waals surface area contributed by atoms with Crippen LogP contribution in [0.25, 0.3) is 0 Å². The van der Waals surface area contributed by atoms with Crippen molar-refractivity contribution in [2.24, 2.45) is 4.99 Å². The van der Waals surface area contributed by atoms with Gasteiger partial charge in [-0.15, -0.1) is 0 Å². The summed E-state index contributed by atoms with van der Waals surface area (Å²) in [5.74, 6) is -3.42. The van der Waals surface area contributed by atoms with E-state index < -0.39 is 59.9 Å². The number of imidazole rings is 1. The summed E-state index contributed by atoms with van der Waals surface area (Å²) in [5, 5.41) is 4.86. The van der Waals surface area contributed by atoms with Crippen LogP contribution in [0, 0.1) is 0 Å². The van der Waals surface area contributed by atoms with Gasteiger partial charge in [-0.05, 0) is 50.2 Å². The molecule has 4 aromatic rings. The molecule has 0 radical (unpaired) electrons. The first-order chi connectivity index (χ1) is 24.0. The minimum atomic E-state index is -1.80. The van der Waals surface area contributed by atoms with Gasteiger partial charge in [0.05, 0.1) is 23.0 Å². The Morgan fingerprint density at radius 3 is 1.92 bits per heavy atom. The van der Waals surface area contributed by atoms with E-state index in [1.54, 1.807) is 97.9 Å². The first-order valence-electron chi connectivity index (χ1n) is 15.5. The number of ether oxygens (including phenoxy) is 4. The Balaban J connectivity index is 1.54. The van der Waals surface area contributed by atoms with E-state index in [-0.39, 0.29) is 28.3 Å². The van der Waals surface area contributed by atoms with Crippen LogP contribution in [0.3, 0.4) is 0 Å². The van der Waals surface area contributed by atoms with Crippen LogP contribution in [0.5, 0.6) is 0 Å². The molecule has 2 N–H and O–H groups in total. The number of aromatic nitrogens is 2. The van der Waals surface area contributed by atoms with E-state index in [0.29, 0.717) is 0 Å². The predicted molar refractivity (Wildman–Crippen MR) is 178 cm³/mol. The van der Waals surface area contributed by atoms with Gasteiger partial charge in [-0.1, -0.05) is 54.6 Å². The number of nitrogens with zero attached hydrogens (tertiary/aromatic N) is 3. The lowest BCUT2D eigenvalue weighted by molar-refractivity contribution is -0.117. The minimum absolute atomic E-state index is 0.0993. The van der Waals surface area contributed by atoms with Crippen molar-refractivity contribution >= 4 is 35.7 Å². The molecule has 0 bridgehead atoms. The molecule has 1 aromatic heterocycles. The maximum absolute atomic E-state index is 13.6. The first-order valence-corrected chi connectivity index (χ1v) is 15.5. The highest BCUT2D eigenvalue weighted by atomic mass is 16.7. The zero-order chi connectivity index (χ0) is 35.8. The van der Waals surface area contributed by atoms with Gasteiger partial charge in [-0.2, -0.15) is 0 Å². The van der Waals surface area contributed by atoms with Crippen LogP contribution in [0.1, 0.15) is 68.6 Å². The van der Waals surface area contributed by atoms with Gasteiger partial charge in [-0.3, -0.25) is 25.2 Å². The molecule has 1 aliphatic heterocycles. The van der Waals surface area contributed by atoms with E-state index in [2.05, 4.69) is 20.6 Å². The molecule has 2 amide bonds. The number of nitrogens with one attached hydrogen (secondary N) is 2. The van der Waals surface area contributed by atoms with E-state index in [9.17, 15) is 24.0 Å². The second kappa shape index (κ2) is 15.4. The summed E-state index contributed by atoms with van der Waals surface area (Å²) in [6.45, 7) is 4.35. The van der Waals surface area contributed by atoms with Gasteiger partial charge in [0, 0.05) is 20.2 Å². The molecule has 0 unspecified atom stereocenters. The molecule has 0 spiro atoms.